The Morgan fingerprint density at radius 1 is 1.26 bits per heavy atom. The molecule has 4 aromatic rings. The van der Waals surface area contributed by atoms with Crippen molar-refractivity contribution in [3.05, 3.63) is 93.2 Å². The van der Waals surface area contributed by atoms with Crippen molar-refractivity contribution in [2.45, 2.75) is 13.2 Å². The molecule has 4 rings (SSSR count). The molecule has 0 radical (unpaired) electrons. The van der Waals surface area contributed by atoms with Crippen molar-refractivity contribution < 1.29 is 23.5 Å². The van der Waals surface area contributed by atoms with E-state index in [1.165, 1.54) is 19.4 Å². The first kappa shape index (κ1) is 24.6. The summed E-state index contributed by atoms with van der Waals surface area (Å²) in [5.74, 6) is -0.416. The number of aromatic nitrogens is 2. The molecule has 180 valence electrons. The largest absolute Gasteiger partial charge is 0.456 e. The number of halogens is 2. The predicted octanol–water partition coefficient (Wildman–Crippen LogP) is 5.82. The van der Waals surface area contributed by atoms with Gasteiger partial charge in [0.2, 0.25) is 5.89 Å². The summed E-state index contributed by atoms with van der Waals surface area (Å²) in [6.07, 6.45) is 5.69. The molecule has 2 aromatic heterocycles. The van der Waals surface area contributed by atoms with Crippen molar-refractivity contribution in [3.8, 4) is 0 Å². The number of methoxy groups -OCH3 is 1. The normalized spacial score (nSPS) is 11.2. The molecule has 1 amide bonds. The fourth-order valence-electron chi connectivity index (χ4n) is 3.51. The van der Waals surface area contributed by atoms with Gasteiger partial charge in [-0.25, -0.2) is 14.6 Å². The highest BCUT2D eigenvalue weighted by Gasteiger charge is 2.16. The fraction of sp³-hybridized carbons (Fsp3) is 0.160. The molecule has 0 atom stereocenters. The summed E-state index contributed by atoms with van der Waals surface area (Å²) in [6, 6.07) is 13.8. The molecule has 10 heteroatoms. The number of amides is 1. The average Bonchev–Trinajstić information content (AvgIpc) is 3.45. The zero-order chi connectivity index (χ0) is 24.8. The van der Waals surface area contributed by atoms with Gasteiger partial charge in [-0.15, -0.1) is 0 Å². The molecule has 0 bridgehead atoms. The highest BCUT2D eigenvalue weighted by Crippen LogP contribution is 2.30. The number of carbonyl (C=O) groups is 2. The van der Waals surface area contributed by atoms with Crippen LogP contribution in [0, 0.1) is 0 Å². The van der Waals surface area contributed by atoms with E-state index in [2.05, 4.69) is 41.6 Å². The van der Waals surface area contributed by atoms with Crippen LogP contribution < -0.4 is 5.32 Å². The van der Waals surface area contributed by atoms with Gasteiger partial charge in [0.1, 0.15) is 12.9 Å². The molecule has 2 heterocycles. The number of rotatable bonds is 8. The monoisotopic (exact) mass is 557 g/mol. The molecule has 0 saturated carbocycles. The highest BCUT2D eigenvalue weighted by atomic mass is 79.9. The topological polar surface area (TPSA) is 95.6 Å². The predicted molar refractivity (Wildman–Crippen MR) is 135 cm³/mol. The van der Waals surface area contributed by atoms with Crippen molar-refractivity contribution in [2.75, 3.05) is 13.7 Å². The van der Waals surface area contributed by atoms with Gasteiger partial charge in [-0.3, -0.25) is 0 Å². The Morgan fingerprint density at radius 2 is 2.09 bits per heavy atom. The van der Waals surface area contributed by atoms with Crippen LogP contribution in [0.15, 0.2) is 69.9 Å². The summed E-state index contributed by atoms with van der Waals surface area (Å²) >= 11 is 10.1. The standard InChI is InChI=1S/C25H21BrClN3O5/c1-33-25(32)28-10-4-9-22-29-20(15-34-22)24(31)35-14-17-6-3-8-21-23(17)19(27)13-30(21)12-16-5-2-7-18(26)11-16/h2-9,11,13,15H,10,12,14H2,1H3,(H,28,32)/b9-4-. The molecule has 8 nitrogen and oxygen atoms in total. The second-order valence-corrected chi connectivity index (χ2v) is 8.79. The quantitative estimate of drug-likeness (QED) is 0.274. The van der Waals surface area contributed by atoms with Crippen LogP contribution in [0.4, 0.5) is 4.79 Å². The summed E-state index contributed by atoms with van der Waals surface area (Å²) in [5.41, 5.74) is 2.89. The summed E-state index contributed by atoms with van der Waals surface area (Å²) < 4.78 is 18.3. The van der Waals surface area contributed by atoms with Crippen LogP contribution in [-0.2, 0) is 22.6 Å². The Bertz CT molecular complexity index is 1400. The lowest BCUT2D eigenvalue weighted by Crippen LogP contribution is -2.22. The Labute approximate surface area is 214 Å². The molecule has 1 N–H and O–H groups in total. The molecular formula is C25H21BrClN3O5. The second kappa shape index (κ2) is 11.2. The Morgan fingerprint density at radius 3 is 2.89 bits per heavy atom. The summed E-state index contributed by atoms with van der Waals surface area (Å²) in [5, 5.41) is 3.90. The van der Waals surface area contributed by atoms with E-state index in [0.29, 0.717) is 11.6 Å². The lowest BCUT2D eigenvalue weighted by Gasteiger charge is -2.08. The number of carbonyl (C=O) groups excluding carboxylic acids is 2. The van der Waals surface area contributed by atoms with E-state index in [1.807, 2.05) is 42.6 Å². The number of esters is 1. The lowest BCUT2D eigenvalue weighted by molar-refractivity contribution is 0.0467. The van der Waals surface area contributed by atoms with Gasteiger partial charge in [0.15, 0.2) is 5.69 Å². The number of benzene rings is 2. The summed E-state index contributed by atoms with van der Waals surface area (Å²) in [4.78, 5) is 27.6. The number of fused-ring (bicyclic) bond motifs is 1. The maximum absolute atomic E-state index is 12.5. The number of ether oxygens (including phenoxy) is 2. The number of nitrogens with zero attached hydrogens (tertiary/aromatic N) is 2. The first-order valence-corrected chi connectivity index (χ1v) is 11.7. The van der Waals surface area contributed by atoms with Crippen molar-refractivity contribution >= 4 is 56.6 Å². The van der Waals surface area contributed by atoms with Gasteiger partial charge in [-0.1, -0.05) is 57.9 Å². The van der Waals surface area contributed by atoms with Crippen molar-refractivity contribution in [1.29, 1.82) is 0 Å². The number of oxazole rings is 1. The van der Waals surface area contributed by atoms with Crippen LogP contribution >= 0.6 is 27.5 Å². The average molecular weight is 559 g/mol. The van der Waals surface area contributed by atoms with E-state index in [0.717, 1.165) is 26.5 Å². The number of hydrogen-bond donors (Lipinski definition) is 1. The van der Waals surface area contributed by atoms with Gasteiger partial charge < -0.3 is 23.8 Å². The summed E-state index contributed by atoms with van der Waals surface area (Å²) in [6.45, 7) is 0.898. The van der Waals surface area contributed by atoms with Gasteiger partial charge in [0, 0.05) is 34.7 Å². The van der Waals surface area contributed by atoms with Crippen LogP contribution in [0.1, 0.15) is 27.5 Å². The van der Waals surface area contributed by atoms with E-state index >= 15 is 0 Å². The first-order chi connectivity index (χ1) is 16.9. The van der Waals surface area contributed by atoms with Crippen LogP contribution in [0.25, 0.3) is 17.0 Å². The van der Waals surface area contributed by atoms with E-state index in [4.69, 9.17) is 20.8 Å². The lowest BCUT2D eigenvalue weighted by atomic mass is 10.1. The van der Waals surface area contributed by atoms with Crippen molar-refractivity contribution in [3.63, 3.8) is 0 Å². The first-order valence-electron chi connectivity index (χ1n) is 10.6. The van der Waals surface area contributed by atoms with Crippen LogP contribution in [-0.4, -0.2) is 35.3 Å². The molecule has 35 heavy (non-hydrogen) atoms. The van der Waals surface area contributed by atoms with E-state index < -0.39 is 12.1 Å². The third-order valence-electron chi connectivity index (χ3n) is 5.09. The molecule has 0 aliphatic heterocycles. The molecule has 0 aliphatic rings. The van der Waals surface area contributed by atoms with Gasteiger partial charge in [-0.2, -0.15) is 0 Å². The molecule has 0 aliphatic carbocycles. The minimum absolute atomic E-state index is 0.0257. The Balaban J connectivity index is 1.43. The Hall–Kier alpha value is -3.56. The summed E-state index contributed by atoms with van der Waals surface area (Å²) in [7, 11) is 1.28. The highest BCUT2D eigenvalue weighted by molar-refractivity contribution is 9.10. The van der Waals surface area contributed by atoms with E-state index in [1.54, 1.807) is 6.08 Å². The molecule has 0 saturated heterocycles. The third-order valence-corrected chi connectivity index (χ3v) is 5.87. The number of nitrogens with one attached hydrogen (secondary N) is 1. The molecule has 2 aromatic carbocycles. The van der Waals surface area contributed by atoms with Gasteiger partial charge in [-0.05, 0) is 29.8 Å². The number of alkyl carbamates (subject to hydrolysis) is 1. The Kier molecular flexibility index (Phi) is 7.89. The third kappa shape index (κ3) is 6.12. The number of hydrogen-bond acceptors (Lipinski definition) is 6. The smallest absolute Gasteiger partial charge is 0.407 e. The maximum atomic E-state index is 12.5. The van der Waals surface area contributed by atoms with E-state index in [-0.39, 0.29) is 24.7 Å². The zero-order valence-corrected chi connectivity index (χ0v) is 21.0. The minimum Gasteiger partial charge on any atom is -0.456 e. The molecule has 0 unspecified atom stereocenters. The maximum Gasteiger partial charge on any atom is 0.407 e. The minimum atomic E-state index is -0.622. The fourth-order valence-corrected chi connectivity index (χ4v) is 4.29. The van der Waals surface area contributed by atoms with Crippen molar-refractivity contribution in [1.82, 2.24) is 14.9 Å². The SMILES string of the molecule is COC(=O)NC/C=C\c1nc(C(=O)OCc2cccc3c2c(Cl)cn3Cc2cccc(Br)c2)co1. The van der Waals surface area contributed by atoms with Gasteiger partial charge in [0.05, 0.1) is 17.6 Å². The van der Waals surface area contributed by atoms with E-state index in [9.17, 15) is 9.59 Å². The molecule has 0 spiro atoms. The van der Waals surface area contributed by atoms with Crippen LogP contribution in [0.3, 0.4) is 0 Å². The van der Waals surface area contributed by atoms with Crippen LogP contribution in [0.5, 0.6) is 0 Å². The van der Waals surface area contributed by atoms with Crippen molar-refractivity contribution in [2.24, 2.45) is 0 Å². The zero-order valence-electron chi connectivity index (χ0n) is 18.7. The van der Waals surface area contributed by atoms with Crippen LogP contribution in [0.2, 0.25) is 5.02 Å². The van der Waals surface area contributed by atoms with Gasteiger partial charge in [0.25, 0.3) is 0 Å². The second-order valence-electron chi connectivity index (χ2n) is 7.47. The van der Waals surface area contributed by atoms with Gasteiger partial charge >= 0.3 is 12.1 Å². The molecule has 0 fully saturated rings. The molecular weight excluding hydrogens is 538 g/mol.